The Morgan fingerprint density at radius 3 is 2.47 bits per heavy atom. The Labute approximate surface area is 189 Å². The first-order valence-corrected chi connectivity index (χ1v) is 11.6. The van der Waals surface area contributed by atoms with Crippen molar-refractivity contribution in [1.82, 2.24) is 9.80 Å². The highest BCUT2D eigenvalue weighted by Gasteiger charge is 2.31. The number of carbonyl (C=O) groups excluding carboxylic acids is 2. The van der Waals surface area contributed by atoms with Crippen molar-refractivity contribution in [3.05, 3.63) is 70.5 Å². The highest BCUT2D eigenvalue weighted by atomic mass is 16.3. The fourth-order valence-corrected chi connectivity index (χ4v) is 5.07. The molecular formula is C27H30N2O3. The first-order valence-electron chi connectivity index (χ1n) is 11.6. The van der Waals surface area contributed by atoms with E-state index in [2.05, 4.69) is 38.1 Å². The van der Waals surface area contributed by atoms with Gasteiger partial charge in [0.2, 0.25) is 11.8 Å². The van der Waals surface area contributed by atoms with Crippen LogP contribution in [0.5, 0.6) is 0 Å². The number of amides is 2. The highest BCUT2D eigenvalue weighted by Crippen LogP contribution is 2.27. The van der Waals surface area contributed by atoms with Crippen molar-refractivity contribution in [3.63, 3.8) is 0 Å². The minimum absolute atomic E-state index is 0.0182. The summed E-state index contributed by atoms with van der Waals surface area (Å²) in [4.78, 5) is 30.0. The lowest BCUT2D eigenvalue weighted by atomic mass is 9.92. The molecule has 166 valence electrons. The molecular weight excluding hydrogens is 400 g/mol. The quantitative estimate of drug-likeness (QED) is 0.618. The molecule has 0 atom stereocenters. The highest BCUT2D eigenvalue weighted by molar-refractivity contribution is 5.88. The van der Waals surface area contributed by atoms with Crippen molar-refractivity contribution >= 4 is 22.8 Å². The van der Waals surface area contributed by atoms with Gasteiger partial charge in [-0.15, -0.1) is 0 Å². The number of rotatable bonds is 3. The predicted octanol–water partition coefficient (Wildman–Crippen LogP) is 4.42. The van der Waals surface area contributed by atoms with Crippen molar-refractivity contribution in [2.45, 2.75) is 46.1 Å². The molecule has 2 aliphatic heterocycles. The Bertz CT molecular complexity index is 1170. The van der Waals surface area contributed by atoms with Gasteiger partial charge in [0, 0.05) is 43.0 Å². The summed E-state index contributed by atoms with van der Waals surface area (Å²) in [5.74, 6) is 0.381. The van der Waals surface area contributed by atoms with Crippen molar-refractivity contribution < 1.29 is 14.0 Å². The second-order valence-corrected chi connectivity index (χ2v) is 9.30. The van der Waals surface area contributed by atoms with E-state index in [0.717, 1.165) is 42.3 Å². The largest absolute Gasteiger partial charge is 0.464 e. The molecule has 0 spiro atoms. The summed E-state index contributed by atoms with van der Waals surface area (Å²) in [6.07, 6.45) is 4.47. The number of nitrogens with zero attached hydrogens (tertiary/aromatic N) is 2. The van der Waals surface area contributed by atoms with Crippen LogP contribution < -0.4 is 0 Å². The molecule has 3 aromatic rings. The molecule has 3 heterocycles. The zero-order valence-corrected chi connectivity index (χ0v) is 18.9. The Morgan fingerprint density at radius 2 is 1.69 bits per heavy atom. The minimum atomic E-state index is 0.0182. The summed E-state index contributed by atoms with van der Waals surface area (Å²) in [5, 5.41) is 1.02. The van der Waals surface area contributed by atoms with Gasteiger partial charge in [0.1, 0.15) is 5.58 Å². The Balaban J connectivity index is 1.18. The van der Waals surface area contributed by atoms with Crippen LogP contribution in [0.4, 0.5) is 0 Å². The average molecular weight is 431 g/mol. The lowest BCUT2D eigenvalue weighted by molar-refractivity contribution is -0.141. The van der Waals surface area contributed by atoms with Crippen LogP contribution in [-0.2, 0) is 29.0 Å². The number of benzene rings is 2. The van der Waals surface area contributed by atoms with Gasteiger partial charge in [0.25, 0.3) is 0 Å². The van der Waals surface area contributed by atoms with E-state index in [-0.39, 0.29) is 17.7 Å². The van der Waals surface area contributed by atoms with Crippen LogP contribution in [-0.4, -0.2) is 41.2 Å². The van der Waals surface area contributed by atoms with E-state index in [1.807, 2.05) is 21.9 Å². The second kappa shape index (κ2) is 8.45. The van der Waals surface area contributed by atoms with Crippen LogP contribution in [0.25, 0.3) is 11.0 Å². The monoisotopic (exact) mass is 430 g/mol. The maximum absolute atomic E-state index is 13.1. The Hall–Kier alpha value is -3.08. The average Bonchev–Trinajstić information content (AvgIpc) is 3.19. The van der Waals surface area contributed by atoms with E-state index in [4.69, 9.17) is 4.42 Å². The van der Waals surface area contributed by atoms with Crippen LogP contribution in [0, 0.1) is 19.8 Å². The summed E-state index contributed by atoms with van der Waals surface area (Å²) in [5.41, 5.74) is 6.79. The Kier molecular flexibility index (Phi) is 5.50. The third-order valence-electron chi connectivity index (χ3n) is 7.25. The van der Waals surface area contributed by atoms with Crippen LogP contribution in [0.3, 0.4) is 0 Å². The number of hydrogen-bond donors (Lipinski definition) is 0. The molecule has 1 fully saturated rings. The maximum Gasteiger partial charge on any atom is 0.227 e. The van der Waals surface area contributed by atoms with Crippen molar-refractivity contribution in [1.29, 1.82) is 0 Å². The molecule has 0 aliphatic carbocycles. The zero-order valence-electron chi connectivity index (χ0n) is 18.9. The smallest absolute Gasteiger partial charge is 0.227 e. The number of carbonyl (C=O) groups is 2. The molecule has 0 radical (unpaired) electrons. The fraction of sp³-hybridized carbons (Fsp3) is 0.407. The molecule has 2 amide bonds. The van der Waals surface area contributed by atoms with Crippen molar-refractivity contribution in [2.24, 2.45) is 5.92 Å². The van der Waals surface area contributed by atoms with Crippen LogP contribution in [0.1, 0.15) is 40.7 Å². The molecule has 0 bridgehead atoms. The molecule has 0 N–H and O–H groups in total. The van der Waals surface area contributed by atoms with Gasteiger partial charge in [-0.2, -0.15) is 0 Å². The van der Waals surface area contributed by atoms with E-state index in [1.165, 1.54) is 22.3 Å². The van der Waals surface area contributed by atoms with Crippen LogP contribution in [0.2, 0.25) is 0 Å². The number of likely N-dealkylation sites (tertiary alicyclic amines) is 1. The van der Waals surface area contributed by atoms with E-state index < -0.39 is 0 Å². The minimum Gasteiger partial charge on any atom is -0.464 e. The van der Waals surface area contributed by atoms with E-state index in [9.17, 15) is 9.59 Å². The lowest BCUT2D eigenvalue weighted by Gasteiger charge is -2.36. The molecule has 0 saturated carbocycles. The number of hydrogen-bond acceptors (Lipinski definition) is 3. The third-order valence-corrected chi connectivity index (χ3v) is 7.25. The summed E-state index contributed by atoms with van der Waals surface area (Å²) in [6, 6.07) is 12.5. The molecule has 1 aromatic heterocycles. The zero-order chi connectivity index (χ0) is 22.2. The van der Waals surface area contributed by atoms with Crippen LogP contribution >= 0.6 is 0 Å². The number of aryl methyl sites for hydroxylation is 2. The molecule has 1 saturated heterocycles. The summed E-state index contributed by atoms with van der Waals surface area (Å²) < 4.78 is 5.69. The summed E-state index contributed by atoms with van der Waals surface area (Å²) >= 11 is 0. The number of fused-ring (bicyclic) bond motifs is 2. The molecule has 2 aliphatic rings. The van der Waals surface area contributed by atoms with Gasteiger partial charge in [-0.25, -0.2) is 0 Å². The SMILES string of the molecule is Cc1cc2occ(CC(=O)N3CCC(C(=O)N4CCc5ccccc5C4)CC3)c2cc1C. The topological polar surface area (TPSA) is 53.8 Å². The van der Waals surface area contributed by atoms with Crippen molar-refractivity contribution in [3.8, 4) is 0 Å². The molecule has 0 unspecified atom stereocenters. The number of piperidine rings is 1. The van der Waals surface area contributed by atoms with Gasteiger partial charge in [-0.3, -0.25) is 9.59 Å². The molecule has 5 rings (SSSR count). The van der Waals surface area contributed by atoms with Crippen molar-refractivity contribution in [2.75, 3.05) is 19.6 Å². The summed E-state index contributed by atoms with van der Waals surface area (Å²) in [6.45, 7) is 6.94. The second-order valence-electron chi connectivity index (χ2n) is 9.30. The van der Waals surface area contributed by atoms with E-state index >= 15 is 0 Å². The van der Waals surface area contributed by atoms with Gasteiger partial charge in [-0.1, -0.05) is 24.3 Å². The first kappa shape index (κ1) is 20.8. The summed E-state index contributed by atoms with van der Waals surface area (Å²) in [7, 11) is 0. The van der Waals surface area contributed by atoms with E-state index in [1.54, 1.807) is 6.26 Å². The fourth-order valence-electron chi connectivity index (χ4n) is 5.07. The standard InChI is InChI=1S/C27H30N2O3/c1-18-13-24-23(17-32-25(24)14-19(18)2)15-26(30)28-10-8-21(9-11-28)27(31)29-12-7-20-5-3-4-6-22(20)16-29/h3-6,13-14,17,21H,7-12,15-16H2,1-2H3. The first-order chi connectivity index (χ1) is 15.5. The van der Waals surface area contributed by atoms with E-state index in [0.29, 0.717) is 26.1 Å². The third kappa shape index (κ3) is 3.92. The maximum atomic E-state index is 13.1. The van der Waals surface area contributed by atoms with Gasteiger partial charge < -0.3 is 14.2 Å². The van der Waals surface area contributed by atoms with Gasteiger partial charge in [0.05, 0.1) is 12.7 Å². The predicted molar refractivity (Wildman–Crippen MR) is 124 cm³/mol. The van der Waals surface area contributed by atoms with Gasteiger partial charge in [-0.05, 0) is 67.5 Å². The Morgan fingerprint density at radius 1 is 0.969 bits per heavy atom. The molecule has 5 nitrogen and oxygen atoms in total. The van der Waals surface area contributed by atoms with Gasteiger partial charge >= 0.3 is 0 Å². The normalized spacial score (nSPS) is 16.9. The van der Waals surface area contributed by atoms with Gasteiger partial charge in [0.15, 0.2) is 0 Å². The number of furan rings is 1. The van der Waals surface area contributed by atoms with Crippen LogP contribution in [0.15, 0.2) is 47.1 Å². The molecule has 2 aromatic carbocycles. The lowest BCUT2D eigenvalue weighted by Crippen LogP contribution is -2.46. The molecule has 5 heteroatoms. The molecule has 32 heavy (non-hydrogen) atoms.